The Balaban J connectivity index is 1.53. The Morgan fingerprint density at radius 1 is 1.16 bits per heavy atom. The van der Waals surface area contributed by atoms with Crippen molar-refractivity contribution in [1.29, 1.82) is 0 Å². The van der Waals surface area contributed by atoms with Crippen LogP contribution in [0, 0.1) is 17.8 Å². The third kappa shape index (κ3) is 4.31. The van der Waals surface area contributed by atoms with Gasteiger partial charge in [-0.15, -0.1) is 0 Å². The molecule has 1 aromatic carbocycles. The second kappa shape index (κ2) is 7.87. The number of likely N-dealkylation sites (N-methyl/N-ethyl adjacent to an activating group) is 1. The normalized spacial score (nSPS) is 28.1. The summed E-state index contributed by atoms with van der Waals surface area (Å²) in [7, 11) is 1.57. The molecule has 2 aliphatic rings. The molecule has 0 saturated heterocycles. The van der Waals surface area contributed by atoms with E-state index in [-0.39, 0.29) is 30.4 Å². The highest BCUT2D eigenvalue weighted by molar-refractivity contribution is 5.92. The van der Waals surface area contributed by atoms with Gasteiger partial charge in [0.05, 0.1) is 0 Å². The molecule has 2 aliphatic carbocycles. The summed E-state index contributed by atoms with van der Waals surface area (Å²) in [6.45, 7) is -0.0205. The summed E-state index contributed by atoms with van der Waals surface area (Å²) in [4.78, 5) is 23.8. The first-order valence-electron chi connectivity index (χ1n) is 9.06. The molecule has 0 radical (unpaired) electrons. The molecule has 6 nitrogen and oxygen atoms in total. The van der Waals surface area contributed by atoms with Crippen LogP contribution in [0.2, 0.25) is 0 Å². The van der Waals surface area contributed by atoms with Crippen LogP contribution in [0.4, 0.5) is 5.69 Å². The van der Waals surface area contributed by atoms with E-state index in [1.54, 1.807) is 31.3 Å². The predicted octanol–water partition coefficient (Wildman–Crippen LogP) is 1.90. The van der Waals surface area contributed by atoms with Crippen molar-refractivity contribution in [2.24, 2.45) is 23.5 Å². The number of amides is 2. The minimum atomic E-state index is -0.182. The highest BCUT2D eigenvalue weighted by atomic mass is 16.5. The molecule has 2 amide bonds. The van der Waals surface area contributed by atoms with Gasteiger partial charge in [0.1, 0.15) is 5.75 Å². The molecule has 25 heavy (non-hydrogen) atoms. The number of benzene rings is 1. The van der Waals surface area contributed by atoms with E-state index in [4.69, 9.17) is 10.5 Å². The van der Waals surface area contributed by atoms with E-state index >= 15 is 0 Å². The maximum atomic E-state index is 12.6. The average molecular weight is 345 g/mol. The van der Waals surface area contributed by atoms with Crippen LogP contribution in [0.3, 0.4) is 0 Å². The summed E-state index contributed by atoms with van der Waals surface area (Å²) in [5.41, 5.74) is 7.05. The number of rotatable bonds is 5. The van der Waals surface area contributed by atoms with Gasteiger partial charge in [0.25, 0.3) is 5.91 Å². The van der Waals surface area contributed by atoms with Gasteiger partial charge in [-0.2, -0.15) is 0 Å². The SMILES string of the molecule is CNC(=O)COc1ccc(NC(=O)C2CC3CCCC(C2)C3N)cc1. The minimum Gasteiger partial charge on any atom is -0.484 e. The fourth-order valence-corrected chi connectivity index (χ4v) is 4.10. The topological polar surface area (TPSA) is 93.5 Å². The maximum absolute atomic E-state index is 12.6. The van der Waals surface area contributed by atoms with Crippen molar-refractivity contribution in [3.05, 3.63) is 24.3 Å². The lowest BCUT2D eigenvalue weighted by atomic mass is 9.65. The first-order valence-corrected chi connectivity index (χ1v) is 9.06. The summed E-state index contributed by atoms with van der Waals surface area (Å²) in [5, 5.41) is 5.50. The van der Waals surface area contributed by atoms with Crippen LogP contribution >= 0.6 is 0 Å². The van der Waals surface area contributed by atoms with Crippen molar-refractivity contribution in [3.63, 3.8) is 0 Å². The van der Waals surface area contributed by atoms with Crippen LogP contribution < -0.4 is 21.1 Å². The summed E-state index contributed by atoms with van der Waals surface area (Å²) in [6.07, 6.45) is 5.35. The Morgan fingerprint density at radius 3 is 2.40 bits per heavy atom. The number of nitrogens with two attached hydrogens (primary N) is 1. The molecule has 0 aliphatic heterocycles. The zero-order valence-corrected chi connectivity index (χ0v) is 14.7. The summed E-state index contributed by atoms with van der Waals surface area (Å²) >= 11 is 0. The zero-order valence-electron chi connectivity index (χ0n) is 14.7. The molecule has 2 saturated carbocycles. The van der Waals surface area contributed by atoms with Gasteiger partial charge in [0, 0.05) is 24.7 Å². The number of ether oxygens (including phenoxy) is 1. The molecule has 6 heteroatoms. The van der Waals surface area contributed by atoms with Gasteiger partial charge in [0.15, 0.2) is 6.61 Å². The second-order valence-corrected chi connectivity index (χ2v) is 7.17. The van der Waals surface area contributed by atoms with Crippen molar-refractivity contribution in [2.45, 2.75) is 38.1 Å². The highest BCUT2D eigenvalue weighted by Gasteiger charge is 2.40. The van der Waals surface area contributed by atoms with E-state index in [1.165, 1.54) is 6.42 Å². The van der Waals surface area contributed by atoms with Crippen LogP contribution in [0.1, 0.15) is 32.1 Å². The molecule has 0 heterocycles. The fourth-order valence-electron chi connectivity index (χ4n) is 4.10. The van der Waals surface area contributed by atoms with Crippen LogP contribution in [-0.2, 0) is 9.59 Å². The Morgan fingerprint density at radius 2 is 1.80 bits per heavy atom. The summed E-state index contributed by atoms with van der Waals surface area (Å²) in [6, 6.07) is 7.38. The number of anilines is 1. The van der Waals surface area contributed by atoms with Crippen molar-refractivity contribution in [2.75, 3.05) is 19.0 Å². The Bertz CT molecular complexity index is 603. The molecule has 3 rings (SSSR count). The first kappa shape index (κ1) is 17.7. The van der Waals surface area contributed by atoms with Gasteiger partial charge in [-0.1, -0.05) is 6.42 Å². The number of hydrogen-bond donors (Lipinski definition) is 3. The van der Waals surface area contributed by atoms with E-state index in [0.717, 1.165) is 31.4 Å². The maximum Gasteiger partial charge on any atom is 0.257 e. The van der Waals surface area contributed by atoms with E-state index in [1.807, 2.05) is 0 Å². The van der Waals surface area contributed by atoms with Crippen molar-refractivity contribution < 1.29 is 14.3 Å². The molecular formula is C19H27N3O3. The Kier molecular flexibility index (Phi) is 5.58. The van der Waals surface area contributed by atoms with Gasteiger partial charge in [0.2, 0.25) is 5.91 Å². The minimum absolute atomic E-state index is 0.0205. The molecule has 0 spiro atoms. The number of nitrogens with one attached hydrogen (secondary N) is 2. The predicted molar refractivity (Wildman–Crippen MR) is 96.2 cm³/mol. The molecule has 136 valence electrons. The quantitative estimate of drug-likeness (QED) is 0.760. The van der Waals surface area contributed by atoms with Crippen molar-refractivity contribution in [1.82, 2.24) is 5.32 Å². The summed E-state index contributed by atoms with van der Waals surface area (Å²) < 4.78 is 5.36. The average Bonchev–Trinajstić information content (AvgIpc) is 2.60. The monoisotopic (exact) mass is 345 g/mol. The molecule has 2 fully saturated rings. The third-order valence-electron chi connectivity index (χ3n) is 5.55. The number of carbonyl (C=O) groups excluding carboxylic acids is 2. The van der Waals surface area contributed by atoms with Crippen molar-refractivity contribution in [3.8, 4) is 5.75 Å². The molecule has 4 N–H and O–H groups in total. The number of hydrogen-bond acceptors (Lipinski definition) is 4. The second-order valence-electron chi connectivity index (χ2n) is 7.17. The Hall–Kier alpha value is -2.08. The van der Waals surface area contributed by atoms with Gasteiger partial charge < -0.3 is 21.1 Å². The van der Waals surface area contributed by atoms with Gasteiger partial charge in [-0.25, -0.2) is 0 Å². The van der Waals surface area contributed by atoms with E-state index < -0.39 is 0 Å². The van der Waals surface area contributed by atoms with Crippen LogP contribution in [-0.4, -0.2) is 31.5 Å². The largest absolute Gasteiger partial charge is 0.484 e. The standard InChI is InChI=1S/C19H27N3O3/c1-21-17(23)11-25-16-7-5-15(6-8-16)22-19(24)14-9-12-3-2-4-13(10-14)18(12)20/h5-8,12-14,18H,2-4,9-11,20H2,1H3,(H,21,23)(H,22,24). The molecule has 0 aromatic heterocycles. The molecular weight excluding hydrogens is 318 g/mol. The van der Waals surface area contributed by atoms with Crippen LogP contribution in [0.25, 0.3) is 0 Å². The lowest BCUT2D eigenvalue weighted by Gasteiger charge is -2.43. The number of fused-ring (bicyclic) bond motifs is 2. The van der Waals surface area contributed by atoms with Gasteiger partial charge >= 0.3 is 0 Å². The third-order valence-corrected chi connectivity index (χ3v) is 5.55. The van der Waals surface area contributed by atoms with Crippen molar-refractivity contribution >= 4 is 17.5 Å². The van der Waals surface area contributed by atoms with E-state index in [0.29, 0.717) is 17.6 Å². The van der Waals surface area contributed by atoms with Crippen LogP contribution in [0.15, 0.2) is 24.3 Å². The molecule has 1 aromatic rings. The highest BCUT2D eigenvalue weighted by Crippen LogP contribution is 2.42. The van der Waals surface area contributed by atoms with E-state index in [9.17, 15) is 9.59 Å². The fraction of sp³-hybridized carbons (Fsp3) is 0.579. The van der Waals surface area contributed by atoms with Gasteiger partial charge in [-0.3, -0.25) is 9.59 Å². The molecule has 2 unspecified atom stereocenters. The number of carbonyl (C=O) groups is 2. The first-order chi connectivity index (χ1) is 12.1. The molecule has 2 bridgehead atoms. The van der Waals surface area contributed by atoms with Crippen LogP contribution in [0.5, 0.6) is 5.75 Å². The smallest absolute Gasteiger partial charge is 0.257 e. The lowest BCUT2D eigenvalue weighted by molar-refractivity contribution is -0.123. The lowest BCUT2D eigenvalue weighted by Crippen LogP contribution is -2.48. The molecule has 2 atom stereocenters. The van der Waals surface area contributed by atoms with E-state index in [2.05, 4.69) is 10.6 Å². The Labute approximate surface area is 148 Å². The summed E-state index contributed by atoms with van der Waals surface area (Å²) in [5.74, 6) is 1.53. The zero-order chi connectivity index (χ0) is 17.8. The van der Waals surface area contributed by atoms with Gasteiger partial charge in [-0.05, 0) is 61.8 Å².